The highest BCUT2D eigenvalue weighted by Gasteiger charge is 2.36. The summed E-state index contributed by atoms with van der Waals surface area (Å²) in [5.41, 5.74) is -0.716. The lowest BCUT2D eigenvalue weighted by molar-refractivity contribution is -0.140. The summed E-state index contributed by atoms with van der Waals surface area (Å²) in [6.07, 6.45) is 0.751. The predicted octanol–water partition coefficient (Wildman–Crippen LogP) is 0.677. The topological polar surface area (TPSA) is 102 Å². The first-order valence-electron chi connectivity index (χ1n) is 9.46. The van der Waals surface area contributed by atoms with Crippen molar-refractivity contribution in [1.82, 2.24) is 10.2 Å². The van der Waals surface area contributed by atoms with Gasteiger partial charge < -0.3 is 19.6 Å². The number of carbonyl (C=O) groups is 4. The highest BCUT2D eigenvalue weighted by atomic mass is 32.1. The summed E-state index contributed by atoms with van der Waals surface area (Å²) in [7, 11) is 1.48. The maximum atomic E-state index is 11.8. The fourth-order valence-corrected chi connectivity index (χ4v) is 2.94. The third-order valence-electron chi connectivity index (χ3n) is 4.19. The van der Waals surface area contributed by atoms with E-state index in [1.807, 2.05) is 13.8 Å². The monoisotopic (exact) mass is 445 g/mol. The zero-order valence-electron chi connectivity index (χ0n) is 17.4. The van der Waals surface area contributed by atoms with E-state index in [4.69, 9.17) is 9.47 Å². The van der Waals surface area contributed by atoms with Crippen LogP contribution in [-0.2, 0) is 28.7 Å². The van der Waals surface area contributed by atoms with Crippen LogP contribution >= 0.6 is 25.3 Å². The van der Waals surface area contributed by atoms with Crippen LogP contribution < -0.4 is 5.32 Å². The van der Waals surface area contributed by atoms with Gasteiger partial charge in [0.2, 0.25) is 25.0 Å². The Morgan fingerprint density at radius 3 is 2.48 bits per heavy atom. The first-order chi connectivity index (χ1) is 13.3. The second kappa shape index (κ2) is 11.4. The van der Waals surface area contributed by atoms with Crippen molar-refractivity contribution in [2.75, 3.05) is 26.3 Å². The van der Waals surface area contributed by atoms with E-state index >= 15 is 0 Å². The van der Waals surface area contributed by atoms with Crippen LogP contribution in [0.25, 0.3) is 0 Å². The quantitative estimate of drug-likeness (QED) is 0.167. The Morgan fingerprint density at radius 2 is 1.93 bits per heavy atom. The number of imide groups is 1. The number of thiol groups is 2. The molecular weight excluding hydrogens is 415 g/mol. The van der Waals surface area contributed by atoms with Crippen molar-refractivity contribution in [3.63, 3.8) is 0 Å². The Bertz CT molecular complexity index is 629. The molecule has 1 aliphatic rings. The molecule has 0 aliphatic carbocycles. The third-order valence-corrected chi connectivity index (χ3v) is 4.85. The minimum Gasteiger partial charge on any atom is -0.370 e. The number of carbonyl (C=O) groups excluding carboxylic acids is 4. The number of nitrogens with one attached hydrogen (secondary N) is 1. The summed E-state index contributed by atoms with van der Waals surface area (Å²) in [5, 5.41) is 2.20. The molecule has 1 fully saturated rings. The maximum absolute atomic E-state index is 11.8. The second-order valence-electron chi connectivity index (χ2n) is 7.81. The molecule has 1 heterocycles. The summed E-state index contributed by atoms with van der Waals surface area (Å²) < 4.78 is 11.5. The van der Waals surface area contributed by atoms with Gasteiger partial charge in [-0.2, -0.15) is 12.6 Å². The summed E-state index contributed by atoms with van der Waals surface area (Å²) in [6.45, 7) is 7.51. The first kappa shape index (κ1) is 26.0. The summed E-state index contributed by atoms with van der Waals surface area (Å²) >= 11 is 8.52. The van der Waals surface area contributed by atoms with Gasteiger partial charge in [-0.15, -0.1) is 12.6 Å². The Morgan fingerprint density at radius 1 is 1.28 bits per heavy atom. The van der Waals surface area contributed by atoms with Gasteiger partial charge in [-0.1, -0.05) is 6.32 Å². The van der Waals surface area contributed by atoms with Crippen molar-refractivity contribution < 1.29 is 28.7 Å². The lowest BCUT2D eigenvalue weighted by Gasteiger charge is -2.32. The van der Waals surface area contributed by atoms with E-state index < -0.39 is 15.8 Å². The number of amides is 3. The molecule has 0 aromatic rings. The van der Waals surface area contributed by atoms with E-state index in [0.29, 0.717) is 6.32 Å². The molecule has 1 N–H and O–H groups in total. The maximum Gasteiger partial charge on any atom is 0.242 e. The molecule has 163 valence electrons. The van der Waals surface area contributed by atoms with E-state index in [0.717, 1.165) is 4.90 Å². The van der Waals surface area contributed by atoms with Gasteiger partial charge >= 0.3 is 0 Å². The molecule has 0 bridgehead atoms. The van der Waals surface area contributed by atoms with Crippen LogP contribution in [0.2, 0.25) is 6.32 Å². The van der Waals surface area contributed by atoms with Gasteiger partial charge in [0.05, 0.1) is 36.3 Å². The van der Waals surface area contributed by atoms with Crippen LogP contribution in [0.1, 0.15) is 40.5 Å². The van der Waals surface area contributed by atoms with Crippen LogP contribution in [0.5, 0.6) is 0 Å². The predicted molar refractivity (Wildman–Crippen MR) is 116 cm³/mol. The molecule has 0 aromatic carbocycles. The number of ether oxygens (including phenoxy) is 2. The molecule has 2 unspecified atom stereocenters. The number of nitrogens with zero attached hydrogens (tertiary/aromatic N) is 1. The highest BCUT2D eigenvalue weighted by Crippen LogP contribution is 2.21. The van der Waals surface area contributed by atoms with Crippen molar-refractivity contribution in [3.8, 4) is 0 Å². The number of hydrogen-bond acceptors (Lipinski definition) is 8. The van der Waals surface area contributed by atoms with Crippen molar-refractivity contribution in [2.45, 2.75) is 62.6 Å². The fraction of sp³-hybridized carbons (Fsp3) is 0.778. The lowest BCUT2D eigenvalue weighted by atomic mass is 9.69. The van der Waals surface area contributed by atoms with E-state index in [9.17, 15) is 19.2 Å². The molecule has 3 amide bonds. The molecule has 0 aromatic heterocycles. The molecule has 1 aliphatic heterocycles. The minimum atomic E-state index is -0.941. The summed E-state index contributed by atoms with van der Waals surface area (Å²) in [4.78, 5) is 46.4. The van der Waals surface area contributed by atoms with Gasteiger partial charge in [0.25, 0.3) is 0 Å². The van der Waals surface area contributed by atoms with Crippen molar-refractivity contribution in [1.29, 1.82) is 0 Å². The molecule has 11 heteroatoms. The Kier molecular flexibility index (Phi) is 10.2. The van der Waals surface area contributed by atoms with Crippen LogP contribution in [0.3, 0.4) is 0 Å². The van der Waals surface area contributed by atoms with Gasteiger partial charge in [-0.25, -0.2) is 0 Å². The lowest BCUT2D eigenvalue weighted by Crippen LogP contribution is -2.44. The van der Waals surface area contributed by atoms with E-state index in [2.05, 4.69) is 30.6 Å². The molecule has 29 heavy (non-hydrogen) atoms. The largest absolute Gasteiger partial charge is 0.370 e. The SMILES string of the molecule is CC(=O)[B]CCC(=O)NCC(C)(C)OCC(C)(S)OCCN1C(=O)CC(S)C1=O. The van der Waals surface area contributed by atoms with Gasteiger partial charge in [0.15, 0.2) is 0 Å². The molecule has 1 rings (SSSR count). The zero-order chi connectivity index (χ0) is 22.2. The van der Waals surface area contributed by atoms with Gasteiger partial charge in [0.1, 0.15) is 4.93 Å². The fourth-order valence-electron chi connectivity index (χ4n) is 2.49. The second-order valence-corrected chi connectivity index (χ2v) is 9.37. The van der Waals surface area contributed by atoms with Crippen molar-refractivity contribution in [2.24, 2.45) is 0 Å². The smallest absolute Gasteiger partial charge is 0.242 e. The average Bonchev–Trinajstić information content (AvgIpc) is 2.84. The summed E-state index contributed by atoms with van der Waals surface area (Å²) in [5.74, 6) is -0.725. The number of hydrogen-bond donors (Lipinski definition) is 3. The van der Waals surface area contributed by atoms with Crippen LogP contribution in [-0.4, -0.2) is 77.7 Å². The van der Waals surface area contributed by atoms with Crippen molar-refractivity contribution >= 4 is 55.9 Å². The molecule has 0 spiro atoms. The van der Waals surface area contributed by atoms with Crippen LogP contribution in [0.4, 0.5) is 0 Å². The van der Waals surface area contributed by atoms with Gasteiger partial charge in [0, 0.05) is 19.4 Å². The van der Waals surface area contributed by atoms with Crippen molar-refractivity contribution in [3.05, 3.63) is 0 Å². The zero-order valence-corrected chi connectivity index (χ0v) is 19.2. The van der Waals surface area contributed by atoms with Crippen LogP contribution in [0, 0.1) is 0 Å². The minimum absolute atomic E-state index is 0.0570. The Balaban J connectivity index is 2.31. The van der Waals surface area contributed by atoms with E-state index in [1.165, 1.54) is 14.2 Å². The summed E-state index contributed by atoms with van der Waals surface area (Å²) in [6, 6.07) is 0. The third kappa shape index (κ3) is 10.0. The number of likely N-dealkylation sites (tertiary alicyclic amines) is 1. The first-order valence-corrected chi connectivity index (χ1v) is 10.4. The Hall–Kier alpha value is -1.04. The van der Waals surface area contributed by atoms with Gasteiger partial charge in [-0.05, 0) is 27.7 Å². The molecule has 1 saturated heterocycles. The molecule has 1 radical (unpaired) electrons. The Labute approximate surface area is 183 Å². The molecule has 8 nitrogen and oxygen atoms in total. The van der Waals surface area contributed by atoms with Gasteiger partial charge in [-0.3, -0.25) is 19.3 Å². The standard InChI is InChI=1S/C18H30BN2O6S2/c1-12(22)19-6-5-14(23)20-10-17(2,3)27-11-18(4,29)26-8-7-21-15(24)9-13(28)16(21)25/h13,28-29H,5-11H2,1-4H3,(H,20,23). The molecule has 2 atom stereocenters. The number of rotatable bonds is 13. The van der Waals surface area contributed by atoms with E-state index in [1.54, 1.807) is 6.92 Å². The molecule has 0 saturated carbocycles. The van der Waals surface area contributed by atoms with E-state index in [-0.39, 0.29) is 62.5 Å². The normalized spacial score (nSPS) is 19.2. The molecular formula is C18H30BN2O6S2. The average molecular weight is 445 g/mol. The highest BCUT2D eigenvalue weighted by molar-refractivity contribution is 7.82. The van der Waals surface area contributed by atoms with Crippen LogP contribution in [0.15, 0.2) is 0 Å².